The molecule has 27 heavy (non-hydrogen) atoms. The Bertz CT molecular complexity index is 1040. The smallest absolute Gasteiger partial charge is 0.316 e. The van der Waals surface area contributed by atoms with Crippen molar-refractivity contribution in [2.75, 3.05) is 0 Å². The largest absolute Gasteiger partial charge is 0.452 e. The molecular weight excluding hydrogens is 428 g/mol. The van der Waals surface area contributed by atoms with Crippen molar-refractivity contribution in [2.24, 2.45) is 0 Å². The summed E-state index contributed by atoms with van der Waals surface area (Å²) in [5.41, 5.74) is 1.31. The predicted octanol–water partition coefficient (Wildman–Crippen LogP) is 5.27. The molecule has 0 radical (unpaired) electrons. The van der Waals surface area contributed by atoms with Gasteiger partial charge in [-0.1, -0.05) is 34.1 Å². The highest BCUT2D eigenvalue weighted by molar-refractivity contribution is 9.10. The van der Waals surface area contributed by atoms with Gasteiger partial charge >= 0.3 is 5.97 Å². The van der Waals surface area contributed by atoms with Crippen LogP contribution in [0.4, 0.5) is 0 Å². The van der Waals surface area contributed by atoms with E-state index in [0.717, 1.165) is 14.9 Å². The van der Waals surface area contributed by atoms with E-state index in [1.54, 1.807) is 24.3 Å². The Hall–Kier alpha value is -2.70. The van der Waals surface area contributed by atoms with E-state index in [0.29, 0.717) is 17.1 Å². The number of benzene rings is 2. The van der Waals surface area contributed by atoms with Crippen molar-refractivity contribution in [1.29, 1.82) is 0 Å². The van der Waals surface area contributed by atoms with Crippen molar-refractivity contribution in [3.8, 4) is 11.5 Å². The van der Waals surface area contributed by atoms with Crippen molar-refractivity contribution in [3.05, 3.63) is 86.2 Å². The Kier molecular flexibility index (Phi) is 4.92. The van der Waals surface area contributed by atoms with Gasteiger partial charge in [-0.05, 0) is 47.4 Å². The molecule has 3 aromatic rings. The van der Waals surface area contributed by atoms with Gasteiger partial charge in [0.2, 0.25) is 5.78 Å². The Morgan fingerprint density at radius 1 is 1.15 bits per heavy atom. The van der Waals surface area contributed by atoms with Gasteiger partial charge in [0.1, 0.15) is 11.5 Å². The van der Waals surface area contributed by atoms with Crippen LogP contribution in [0.5, 0.6) is 11.5 Å². The first kappa shape index (κ1) is 17.7. The van der Waals surface area contributed by atoms with Gasteiger partial charge in [-0.15, -0.1) is 11.3 Å². The Labute approximate surface area is 168 Å². The van der Waals surface area contributed by atoms with E-state index < -0.39 is 0 Å². The lowest BCUT2D eigenvalue weighted by atomic mass is 10.1. The minimum atomic E-state index is -0.354. The fourth-order valence-electron chi connectivity index (χ4n) is 2.66. The number of carbonyl (C=O) groups excluding carboxylic acids is 2. The third kappa shape index (κ3) is 4.02. The fraction of sp³-hybridized carbons (Fsp3) is 0.0476. The van der Waals surface area contributed by atoms with Crippen molar-refractivity contribution in [1.82, 2.24) is 0 Å². The second-order valence-electron chi connectivity index (χ2n) is 5.88. The maximum atomic E-state index is 12.5. The van der Waals surface area contributed by atoms with Gasteiger partial charge in [-0.3, -0.25) is 9.59 Å². The second kappa shape index (κ2) is 7.50. The molecule has 0 fully saturated rings. The molecule has 1 aromatic heterocycles. The molecule has 2 heterocycles. The van der Waals surface area contributed by atoms with E-state index in [-0.39, 0.29) is 23.9 Å². The number of ether oxygens (including phenoxy) is 2. The molecule has 4 rings (SSSR count). The zero-order chi connectivity index (χ0) is 18.8. The molecule has 0 saturated carbocycles. The van der Waals surface area contributed by atoms with Crippen LogP contribution >= 0.6 is 27.3 Å². The number of halogens is 1. The van der Waals surface area contributed by atoms with E-state index in [9.17, 15) is 9.59 Å². The third-order valence-electron chi connectivity index (χ3n) is 3.94. The lowest BCUT2D eigenvalue weighted by Gasteiger charge is -2.05. The summed E-state index contributed by atoms with van der Waals surface area (Å²) in [5, 5.41) is 1.91. The van der Waals surface area contributed by atoms with Crippen LogP contribution in [0.2, 0.25) is 0 Å². The SMILES string of the molecule is O=C(Cc1cccs1)Oc1ccc2c(c1)O/C(=C\c1ccc(Br)cc1)C2=O. The first-order valence-electron chi connectivity index (χ1n) is 8.15. The molecule has 0 saturated heterocycles. The number of Topliss-reactive ketones (excluding diaryl/α,β-unsaturated/α-hetero) is 1. The molecule has 0 aliphatic carbocycles. The highest BCUT2D eigenvalue weighted by Gasteiger charge is 2.28. The predicted molar refractivity (Wildman–Crippen MR) is 107 cm³/mol. The quantitative estimate of drug-likeness (QED) is 0.314. The monoisotopic (exact) mass is 440 g/mol. The van der Waals surface area contributed by atoms with Crippen molar-refractivity contribution in [2.45, 2.75) is 6.42 Å². The molecule has 134 valence electrons. The molecule has 0 atom stereocenters. The van der Waals surface area contributed by atoms with Gasteiger partial charge in [0.25, 0.3) is 0 Å². The molecule has 0 amide bonds. The lowest BCUT2D eigenvalue weighted by molar-refractivity contribution is -0.133. The maximum Gasteiger partial charge on any atom is 0.316 e. The van der Waals surface area contributed by atoms with Crippen LogP contribution in [0.1, 0.15) is 20.8 Å². The van der Waals surface area contributed by atoms with Gasteiger partial charge in [0.05, 0.1) is 12.0 Å². The minimum Gasteiger partial charge on any atom is -0.452 e. The van der Waals surface area contributed by atoms with E-state index in [2.05, 4.69) is 15.9 Å². The topological polar surface area (TPSA) is 52.6 Å². The summed E-state index contributed by atoms with van der Waals surface area (Å²) in [6.45, 7) is 0. The fourth-order valence-corrected chi connectivity index (χ4v) is 3.62. The molecule has 0 bridgehead atoms. The normalized spacial score (nSPS) is 14.1. The van der Waals surface area contributed by atoms with E-state index in [1.165, 1.54) is 11.3 Å². The van der Waals surface area contributed by atoms with E-state index in [4.69, 9.17) is 9.47 Å². The number of hydrogen-bond donors (Lipinski definition) is 0. The molecular formula is C21H13BrO4S. The summed E-state index contributed by atoms with van der Waals surface area (Å²) in [6, 6.07) is 16.1. The first-order valence-corrected chi connectivity index (χ1v) is 9.83. The van der Waals surface area contributed by atoms with E-state index in [1.807, 2.05) is 41.8 Å². The molecule has 0 unspecified atom stereocenters. The number of rotatable bonds is 4. The zero-order valence-corrected chi connectivity index (χ0v) is 16.4. The number of fused-ring (bicyclic) bond motifs is 1. The number of esters is 1. The lowest BCUT2D eigenvalue weighted by Crippen LogP contribution is -2.10. The number of ketones is 1. The summed E-state index contributed by atoms with van der Waals surface area (Å²) >= 11 is 4.88. The summed E-state index contributed by atoms with van der Waals surface area (Å²) < 4.78 is 12.0. The number of carbonyl (C=O) groups is 2. The average molecular weight is 441 g/mol. The number of allylic oxidation sites excluding steroid dienone is 1. The summed E-state index contributed by atoms with van der Waals surface area (Å²) in [4.78, 5) is 25.5. The van der Waals surface area contributed by atoms with Crippen LogP contribution in [-0.2, 0) is 11.2 Å². The van der Waals surface area contributed by atoms with Crippen LogP contribution < -0.4 is 9.47 Å². The third-order valence-corrected chi connectivity index (χ3v) is 5.34. The van der Waals surface area contributed by atoms with Crippen LogP contribution in [0.3, 0.4) is 0 Å². The van der Waals surface area contributed by atoms with Gasteiger partial charge in [0, 0.05) is 15.4 Å². The van der Waals surface area contributed by atoms with Crippen LogP contribution in [0.25, 0.3) is 6.08 Å². The minimum absolute atomic E-state index is 0.190. The van der Waals surface area contributed by atoms with Crippen molar-refractivity contribution < 1.29 is 19.1 Å². The van der Waals surface area contributed by atoms with Gasteiger partial charge in [-0.2, -0.15) is 0 Å². The summed E-state index contributed by atoms with van der Waals surface area (Å²) in [5.74, 6) is 0.448. The molecule has 2 aromatic carbocycles. The van der Waals surface area contributed by atoms with Crippen molar-refractivity contribution >= 4 is 45.1 Å². The Morgan fingerprint density at radius 3 is 2.70 bits per heavy atom. The second-order valence-corrected chi connectivity index (χ2v) is 7.83. The highest BCUT2D eigenvalue weighted by Crippen LogP contribution is 2.35. The first-order chi connectivity index (χ1) is 13.1. The van der Waals surface area contributed by atoms with Crippen LogP contribution in [0, 0.1) is 0 Å². The highest BCUT2D eigenvalue weighted by atomic mass is 79.9. The van der Waals surface area contributed by atoms with Crippen molar-refractivity contribution in [3.63, 3.8) is 0 Å². The molecule has 6 heteroatoms. The summed E-state index contributed by atoms with van der Waals surface area (Å²) in [7, 11) is 0. The van der Waals surface area contributed by atoms with Crippen LogP contribution in [-0.4, -0.2) is 11.8 Å². The Morgan fingerprint density at radius 2 is 1.96 bits per heavy atom. The van der Waals surface area contributed by atoms with Gasteiger partial charge < -0.3 is 9.47 Å². The maximum absolute atomic E-state index is 12.5. The Balaban J connectivity index is 1.50. The molecule has 1 aliphatic heterocycles. The summed E-state index contributed by atoms with van der Waals surface area (Å²) in [6.07, 6.45) is 1.90. The molecule has 1 aliphatic rings. The van der Waals surface area contributed by atoms with E-state index >= 15 is 0 Å². The zero-order valence-electron chi connectivity index (χ0n) is 14.0. The van der Waals surface area contributed by atoms with Gasteiger partial charge in [-0.25, -0.2) is 0 Å². The molecule has 0 N–H and O–H groups in total. The van der Waals surface area contributed by atoms with Gasteiger partial charge in [0.15, 0.2) is 5.76 Å². The molecule has 0 spiro atoms. The number of thiophene rings is 1. The average Bonchev–Trinajstić information content (AvgIpc) is 3.25. The number of hydrogen-bond acceptors (Lipinski definition) is 5. The molecule has 4 nitrogen and oxygen atoms in total. The van der Waals surface area contributed by atoms with Crippen LogP contribution in [0.15, 0.2) is 70.2 Å². The standard InChI is InChI=1S/C21H13BrO4S/c22-14-5-3-13(4-6-14)10-19-21(24)17-8-7-15(11-18(17)26-19)25-20(23)12-16-2-1-9-27-16/h1-11H,12H2/b19-10-.